The van der Waals surface area contributed by atoms with E-state index in [0.29, 0.717) is 6.04 Å². The average molecular weight is 357 g/mol. The Labute approximate surface area is 125 Å². The molecule has 18 heavy (non-hydrogen) atoms. The highest BCUT2D eigenvalue weighted by atomic mass is 127. The van der Waals surface area contributed by atoms with Crippen LogP contribution >= 0.6 is 22.6 Å². The quantitative estimate of drug-likeness (QED) is 0.766. The Kier molecular flexibility index (Phi) is 5.49. The van der Waals surface area contributed by atoms with E-state index in [1.54, 1.807) is 0 Å². The van der Waals surface area contributed by atoms with Gasteiger partial charge in [-0.3, -0.25) is 0 Å². The maximum atomic E-state index is 3.57. The van der Waals surface area contributed by atoms with E-state index in [1.807, 2.05) is 0 Å². The highest BCUT2D eigenvalue weighted by Gasteiger charge is 2.28. The molecule has 1 aliphatic rings. The zero-order valence-electron chi connectivity index (χ0n) is 11.5. The van der Waals surface area contributed by atoms with E-state index in [2.05, 4.69) is 66.1 Å². The van der Waals surface area contributed by atoms with Crippen molar-refractivity contribution in [3.8, 4) is 0 Å². The Morgan fingerprint density at radius 1 is 1.33 bits per heavy atom. The minimum absolute atomic E-state index is 0.535. The Morgan fingerprint density at radius 3 is 2.78 bits per heavy atom. The van der Waals surface area contributed by atoms with Crippen molar-refractivity contribution in [1.29, 1.82) is 0 Å². The lowest BCUT2D eigenvalue weighted by Crippen LogP contribution is -2.30. The van der Waals surface area contributed by atoms with Gasteiger partial charge in [0, 0.05) is 9.61 Å². The number of hydrogen-bond donors (Lipinski definition) is 1. The third-order valence-corrected chi connectivity index (χ3v) is 5.41. The summed E-state index contributed by atoms with van der Waals surface area (Å²) in [6.07, 6.45) is 6.97. The minimum Gasteiger partial charge on any atom is -0.313 e. The largest absolute Gasteiger partial charge is 0.313 e. The number of halogens is 1. The van der Waals surface area contributed by atoms with E-state index in [1.165, 1.54) is 41.2 Å². The summed E-state index contributed by atoms with van der Waals surface area (Å²) in [7, 11) is 2.11. The van der Waals surface area contributed by atoms with Crippen molar-refractivity contribution >= 4 is 22.6 Å². The third kappa shape index (κ3) is 3.27. The summed E-state index contributed by atoms with van der Waals surface area (Å²) in [6, 6.07) is 9.35. The molecular formula is C16H24IN. The molecule has 100 valence electrons. The van der Waals surface area contributed by atoms with E-state index in [9.17, 15) is 0 Å². The average Bonchev–Trinajstić information content (AvgIpc) is 2.42. The van der Waals surface area contributed by atoms with Crippen LogP contribution in [-0.4, -0.2) is 7.05 Å². The van der Waals surface area contributed by atoms with Gasteiger partial charge >= 0.3 is 0 Å². The monoisotopic (exact) mass is 357 g/mol. The van der Waals surface area contributed by atoms with Crippen LogP contribution in [0.2, 0.25) is 0 Å². The summed E-state index contributed by atoms with van der Waals surface area (Å²) >= 11 is 2.47. The van der Waals surface area contributed by atoms with Crippen LogP contribution in [-0.2, 0) is 0 Å². The van der Waals surface area contributed by atoms with E-state index in [-0.39, 0.29) is 0 Å². The van der Waals surface area contributed by atoms with Crippen molar-refractivity contribution in [3.05, 3.63) is 33.4 Å². The molecule has 0 saturated heterocycles. The van der Waals surface area contributed by atoms with Gasteiger partial charge in [0.1, 0.15) is 0 Å². The maximum Gasteiger partial charge on any atom is 0.0356 e. The molecule has 1 nitrogen and oxygen atoms in total. The summed E-state index contributed by atoms with van der Waals surface area (Å²) in [5, 5.41) is 3.57. The Morgan fingerprint density at radius 2 is 2.11 bits per heavy atom. The lowest BCUT2D eigenvalue weighted by Gasteiger charge is -2.35. The second kappa shape index (κ2) is 6.90. The first-order valence-electron chi connectivity index (χ1n) is 7.18. The lowest BCUT2D eigenvalue weighted by atomic mass is 9.75. The molecule has 0 spiro atoms. The van der Waals surface area contributed by atoms with Gasteiger partial charge in [-0.05, 0) is 65.9 Å². The first-order valence-corrected chi connectivity index (χ1v) is 8.25. The zero-order valence-corrected chi connectivity index (χ0v) is 13.6. The van der Waals surface area contributed by atoms with Crippen molar-refractivity contribution in [2.24, 2.45) is 11.8 Å². The molecule has 0 amide bonds. The number of rotatable bonds is 4. The number of hydrogen-bond acceptors (Lipinski definition) is 1. The van der Waals surface area contributed by atoms with Crippen molar-refractivity contribution in [3.63, 3.8) is 0 Å². The molecule has 3 unspecified atom stereocenters. The molecule has 1 N–H and O–H groups in total. The molecule has 1 aliphatic carbocycles. The van der Waals surface area contributed by atoms with Gasteiger partial charge in [-0.1, -0.05) is 44.4 Å². The van der Waals surface area contributed by atoms with Gasteiger partial charge in [0.15, 0.2) is 0 Å². The van der Waals surface area contributed by atoms with Gasteiger partial charge < -0.3 is 5.32 Å². The lowest BCUT2D eigenvalue weighted by molar-refractivity contribution is 0.214. The Bertz CT molecular complexity index is 377. The molecule has 0 bridgehead atoms. The molecule has 3 atom stereocenters. The third-order valence-electron chi connectivity index (χ3n) is 4.42. The number of benzene rings is 1. The van der Waals surface area contributed by atoms with Crippen LogP contribution in [0, 0.1) is 15.4 Å². The van der Waals surface area contributed by atoms with Crippen LogP contribution < -0.4 is 5.32 Å². The molecule has 0 radical (unpaired) electrons. The van der Waals surface area contributed by atoms with Crippen LogP contribution in [0.15, 0.2) is 24.3 Å². The van der Waals surface area contributed by atoms with Crippen LogP contribution in [0.5, 0.6) is 0 Å². The highest BCUT2D eigenvalue weighted by molar-refractivity contribution is 14.1. The normalized spacial score (nSPS) is 25.9. The molecule has 0 aliphatic heterocycles. The Hall–Kier alpha value is -0.0900. The summed E-state index contributed by atoms with van der Waals surface area (Å²) < 4.78 is 1.40. The fourth-order valence-corrected chi connectivity index (χ4v) is 4.10. The van der Waals surface area contributed by atoms with Crippen LogP contribution in [0.25, 0.3) is 0 Å². The summed E-state index contributed by atoms with van der Waals surface area (Å²) in [5.41, 5.74) is 1.49. The molecule has 0 heterocycles. The van der Waals surface area contributed by atoms with Gasteiger partial charge in [-0.2, -0.15) is 0 Å². The molecule has 2 heteroatoms. The first-order chi connectivity index (χ1) is 8.76. The maximum absolute atomic E-state index is 3.57. The SMILES string of the molecule is CCC1CCCC(C(NC)c2ccccc2I)C1. The van der Waals surface area contributed by atoms with E-state index < -0.39 is 0 Å². The topological polar surface area (TPSA) is 12.0 Å². The van der Waals surface area contributed by atoms with Crippen LogP contribution in [0.3, 0.4) is 0 Å². The molecule has 0 aromatic heterocycles. The second-order valence-electron chi connectivity index (χ2n) is 5.49. The molecule has 1 fully saturated rings. The van der Waals surface area contributed by atoms with Gasteiger partial charge in [0.2, 0.25) is 0 Å². The highest BCUT2D eigenvalue weighted by Crippen LogP contribution is 2.39. The number of nitrogens with one attached hydrogen (secondary N) is 1. The van der Waals surface area contributed by atoms with E-state index in [0.717, 1.165) is 11.8 Å². The predicted molar refractivity (Wildman–Crippen MR) is 86.7 cm³/mol. The molecular weight excluding hydrogens is 333 g/mol. The molecule has 1 aromatic rings. The van der Waals surface area contributed by atoms with Crippen molar-refractivity contribution in [1.82, 2.24) is 5.32 Å². The zero-order chi connectivity index (χ0) is 13.0. The van der Waals surface area contributed by atoms with E-state index >= 15 is 0 Å². The van der Waals surface area contributed by atoms with Crippen molar-refractivity contribution < 1.29 is 0 Å². The summed E-state index contributed by atoms with van der Waals surface area (Å²) in [5.74, 6) is 1.76. The standard InChI is InChI=1S/C16H24IN/c1-3-12-7-6-8-13(11-12)16(18-2)14-9-4-5-10-15(14)17/h4-5,9-10,12-13,16,18H,3,6-8,11H2,1-2H3. The fraction of sp³-hybridized carbons (Fsp3) is 0.625. The van der Waals surface area contributed by atoms with Crippen LogP contribution in [0.1, 0.15) is 50.6 Å². The Balaban J connectivity index is 2.15. The van der Waals surface area contributed by atoms with Gasteiger partial charge in [0.25, 0.3) is 0 Å². The molecule has 1 saturated carbocycles. The summed E-state index contributed by atoms with van der Waals surface area (Å²) in [6.45, 7) is 2.34. The first kappa shape index (κ1) is 14.3. The van der Waals surface area contributed by atoms with Gasteiger partial charge in [0.05, 0.1) is 0 Å². The summed E-state index contributed by atoms with van der Waals surface area (Å²) in [4.78, 5) is 0. The smallest absolute Gasteiger partial charge is 0.0356 e. The predicted octanol–water partition coefficient (Wildman–Crippen LogP) is 4.77. The van der Waals surface area contributed by atoms with Gasteiger partial charge in [-0.15, -0.1) is 0 Å². The second-order valence-corrected chi connectivity index (χ2v) is 6.65. The molecule has 1 aromatic carbocycles. The van der Waals surface area contributed by atoms with E-state index in [4.69, 9.17) is 0 Å². The van der Waals surface area contributed by atoms with Crippen molar-refractivity contribution in [2.75, 3.05) is 7.05 Å². The van der Waals surface area contributed by atoms with Gasteiger partial charge in [-0.25, -0.2) is 0 Å². The fourth-order valence-electron chi connectivity index (χ4n) is 3.38. The molecule has 2 rings (SSSR count). The van der Waals surface area contributed by atoms with Crippen LogP contribution in [0.4, 0.5) is 0 Å². The minimum atomic E-state index is 0.535. The van der Waals surface area contributed by atoms with Crippen molar-refractivity contribution in [2.45, 2.75) is 45.1 Å².